The monoisotopic (exact) mass is 335 g/mol. The highest BCUT2D eigenvalue weighted by molar-refractivity contribution is 5.83. The molecule has 4 heteroatoms. The Kier molecular flexibility index (Phi) is 5.73. The Hall–Kier alpha value is -2.75. The Morgan fingerprint density at radius 1 is 1.08 bits per heavy atom. The lowest BCUT2D eigenvalue weighted by atomic mass is 10.1. The minimum Gasteiger partial charge on any atom is -0.373 e. The molecule has 0 aliphatic carbocycles. The number of benzene rings is 2. The molecule has 0 saturated heterocycles. The summed E-state index contributed by atoms with van der Waals surface area (Å²) in [6.45, 7) is 1.47. The zero-order chi connectivity index (χ0) is 17.5. The van der Waals surface area contributed by atoms with Crippen LogP contribution in [0.1, 0.15) is 18.4 Å². The zero-order valence-corrected chi connectivity index (χ0v) is 14.7. The summed E-state index contributed by atoms with van der Waals surface area (Å²) in [7, 11) is 2.04. The highest BCUT2D eigenvalue weighted by Gasteiger charge is 2.06. The maximum atomic E-state index is 12.0. The highest BCUT2D eigenvalue weighted by Crippen LogP contribution is 2.19. The van der Waals surface area contributed by atoms with E-state index in [2.05, 4.69) is 51.7 Å². The molecule has 0 bridgehead atoms. The molecule has 0 radical (unpaired) electrons. The number of para-hydroxylation sites is 2. The van der Waals surface area contributed by atoms with E-state index in [1.54, 1.807) is 0 Å². The predicted molar refractivity (Wildman–Crippen MR) is 104 cm³/mol. The van der Waals surface area contributed by atoms with Crippen LogP contribution in [-0.4, -0.2) is 31.0 Å². The summed E-state index contributed by atoms with van der Waals surface area (Å²) in [5.74, 6) is 0.126. The van der Waals surface area contributed by atoms with Crippen molar-refractivity contribution in [1.82, 2.24) is 10.3 Å². The largest absolute Gasteiger partial charge is 0.373 e. The summed E-state index contributed by atoms with van der Waals surface area (Å²) in [5.41, 5.74) is 3.61. The van der Waals surface area contributed by atoms with Crippen LogP contribution < -0.4 is 10.2 Å². The van der Waals surface area contributed by atoms with Crippen molar-refractivity contribution in [1.29, 1.82) is 0 Å². The highest BCUT2D eigenvalue weighted by atomic mass is 16.1. The van der Waals surface area contributed by atoms with Gasteiger partial charge in [0.25, 0.3) is 0 Å². The number of rotatable bonds is 8. The number of likely N-dealkylation sites (N-methyl/N-ethyl adjacent to an activating group) is 1. The molecule has 3 aromatic rings. The Morgan fingerprint density at radius 3 is 2.68 bits per heavy atom. The SMILES string of the molecule is CN(CCNC(=O)CCCc1c[nH]c2ccccc12)c1ccccc1. The quantitative estimate of drug-likeness (QED) is 0.659. The first kappa shape index (κ1) is 17.1. The van der Waals surface area contributed by atoms with Gasteiger partial charge in [-0.1, -0.05) is 36.4 Å². The summed E-state index contributed by atoms with van der Waals surface area (Å²) in [4.78, 5) is 17.4. The van der Waals surface area contributed by atoms with E-state index < -0.39 is 0 Å². The van der Waals surface area contributed by atoms with Crippen molar-refractivity contribution in [3.05, 3.63) is 66.4 Å². The molecule has 1 amide bonds. The Bertz CT molecular complexity index is 810. The van der Waals surface area contributed by atoms with Crippen molar-refractivity contribution in [2.75, 3.05) is 25.0 Å². The van der Waals surface area contributed by atoms with Crippen molar-refractivity contribution in [2.24, 2.45) is 0 Å². The molecule has 0 saturated carbocycles. The molecule has 2 N–H and O–H groups in total. The number of fused-ring (bicyclic) bond motifs is 1. The number of nitrogens with one attached hydrogen (secondary N) is 2. The summed E-state index contributed by atoms with van der Waals surface area (Å²) in [6.07, 6.45) is 4.40. The molecule has 0 aliphatic rings. The van der Waals surface area contributed by atoms with Crippen LogP contribution in [0.4, 0.5) is 5.69 Å². The Labute approximate surface area is 148 Å². The third kappa shape index (κ3) is 4.63. The van der Waals surface area contributed by atoms with Crippen molar-refractivity contribution < 1.29 is 4.79 Å². The molecule has 0 fully saturated rings. The molecule has 1 aromatic heterocycles. The number of anilines is 1. The van der Waals surface area contributed by atoms with Gasteiger partial charge in [0.1, 0.15) is 0 Å². The average Bonchev–Trinajstić information content (AvgIpc) is 3.06. The van der Waals surface area contributed by atoms with Gasteiger partial charge in [0.2, 0.25) is 5.91 Å². The standard InChI is InChI=1S/C21H25N3O/c1-24(18-9-3-2-4-10-18)15-14-22-21(25)13-7-8-17-16-23-20-12-6-5-11-19(17)20/h2-6,9-12,16,23H,7-8,13-15H2,1H3,(H,22,25). The van der Waals surface area contributed by atoms with Crippen LogP contribution in [0.15, 0.2) is 60.8 Å². The van der Waals surface area contributed by atoms with Gasteiger partial charge in [-0.05, 0) is 36.6 Å². The number of aromatic amines is 1. The van der Waals surface area contributed by atoms with Gasteiger partial charge in [-0.2, -0.15) is 0 Å². The predicted octanol–water partition coefficient (Wildman–Crippen LogP) is 3.74. The first-order chi connectivity index (χ1) is 12.2. The lowest BCUT2D eigenvalue weighted by Gasteiger charge is -2.19. The molecule has 0 spiro atoms. The smallest absolute Gasteiger partial charge is 0.220 e. The van der Waals surface area contributed by atoms with Crippen molar-refractivity contribution in [2.45, 2.75) is 19.3 Å². The van der Waals surface area contributed by atoms with Gasteiger partial charge in [0.05, 0.1) is 0 Å². The maximum absolute atomic E-state index is 12.0. The van der Waals surface area contributed by atoms with Gasteiger partial charge < -0.3 is 15.2 Å². The number of hydrogen-bond donors (Lipinski definition) is 2. The van der Waals surface area contributed by atoms with Gasteiger partial charge in [-0.15, -0.1) is 0 Å². The normalized spacial score (nSPS) is 10.8. The molecule has 0 unspecified atom stereocenters. The first-order valence-corrected chi connectivity index (χ1v) is 8.82. The lowest BCUT2D eigenvalue weighted by Crippen LogP contribution is -2.32. The van der Waals surface area contributed by atoms with E-state index in [-0.39, 0.29) is 5.91 Å². The van der Waals surface area contributed by atoms with Crippen LogP contribution in [-0.2, 0) is 11.2 Å². The van der Waals surface area contributed by atoms with Crippen LogP contribution in [0.25, 0.3) is 10.9 Å². The third-order valence-electron chi connectivity index (χ3n) is 4.49. The van der Waals surface area contributed by atoms with E-state index >= 15 is 0 Å². The van der Waals surface area contributed by atoms with Gasteiger partial charge in [-0.25, -0.2) is 0 Å². The molecule has 3 rings (SSSR count). The second kappa shape index (κ2) is 8.38. The number of H-pyrrole nitrogens is 1. The molecule has 25 heavy (non-hydrogen) atoms. The van der Waals surface area contributed by atoms with Crippen LogP contribution in [0.3, 0.4) is 0 Å². The van der Waals surface area contributed by atoms with E-state index in [0.29, 0.717) is 13.0 Å². The van der Waals surface area contributed by atoms with E-state index in [4.69, 9.17) is 0 Å². The summed E-state index contributed by atoms with van der Waals surface area (Å²) < 4.78 is 0. The van der Waals surface area contributed by atoms with Gasteiger partial charge in [-0.3, -0.25) is 4.79 Å². The number of hydrogen-bond acceptors (Lipinski definition) is 2. The van der Waals surface area contributed by atoms with Gasteiger partial charge in [0, 0.05) is 49.3 Å². The minimum absolute atomic E-state index is 0.126. The summed E-state index contributed by atoms with van der Waals surface area (Å²) >= 11 is 0. The van der Waals surface area contributed by atoms with Crippen LogP contribution in [0, 0.1) is 0 Å². The first-order valence-electron chi connectivity index (χ1n) is 8.82. The number of aromatic nitrogens is 1. The molecule has 1 heterocycles. The lowest BCUT2D eigenvalue weighted by molar-refractivity contribution is -0.121. The maximum Gasteiger partial charge on any atom is 0.220 e. The third-order valence-corrected chi connectivity index (χ3v) is 4.49. The average molecular weight is 335 g/mol. The van der Waals surface area contributed by atoms with E-state index in [1.165, 1.54) is 10.9 Å². The van der Waals surface area contributed by atoms with Crippen LogP contribution in [0.2, 0.25) is 0 Å². The Balaban J connectivity index is 1.37. The summed E-state index contributed by atoms with van der Waals surface area (Å²) in [5, 5.41) is 4.27. The van der Waals surface area contributed by atoms with Crippen molar-refractivity contribution in [3.63, 3.8) is 0 Å². The minimum atomic E-state index is 0.126. The van der Waals surface area contributed by atoms with Crippen LogP contribution in [0.5, 0.6) is 0 Å². The fourth-order valence-electron chi connectivity index (χ4n) is 3.04. The van der Waals surface area contributed by atoms with Gasteiger partial charge in [0.15, 0.2) is 0 Å². The second-order valence-corrected chi connectivity index (χ2v) is 6.32. The number of amides is 1. The van der Waals surface area contributed by atoms with E-state index in [9.17, 15) is 4.79 Å². The fraction of sp³-hybridized carbons (Fsp3) is 0.286. The Morgan fingerprint density at radius 2 is 1.84 bits per heavy atom. The van der Waals surface area contributed by atoms with Crippen LogP contribution >= 0.6 is 0 Å². The zero-order valence-electron chi connectivity index (χ0n) is 14.7. The van der Waals surface area contributed by atoms with Crippen molar-refractivity contribution in [3.8, 4) is 0 Å². The van der Waals surface area contributed by atoms with E-state index in [0.717, 1.165) is 30.6 Å². The fourth-order valence-corrected chi connectivity index (χ4v) is 3.04. The van der Waals surface area contributed by atoms with E-state index in [1.807, 2.05) is 31.3 Å². The molecule has 4 nitrogen and oxygen atoms in total. The molecule has 0 aliphatic heterocycles. The number of carbonyl (C=O) groups is 1. The molecular formula is C21H25N3O. The topological polar surface area (TPSA) is 48.1 Å². The molecular weight excluding hydrogens is 310 g/mol. The molecule has 0 atom stereocenters. The second-order valence-electron chi connectivity index (χ2n) is 6.32. The molecule has 130 valence electrons. The number of aryl methyl sites for hydroxylation is 1. The molecule has 2 aromatic carbocycles. The number of nitrogens with zero attached hydrogens (tertiary/aromatic N) is 1. The number of carbonyl (C=O) groups excluding carboxylic acids is 1. The van der Waals surface area contributed by atoms with Crippen molar-refractivity contribution >= 4 is 22.5 Å². The van der Waals surface area contributed by atoms with Gasteiger partial charge >= 0.3 is 0 Å². The summed E-state index contributed by atoms with van der Waals surface area (Å²) in [6, 6.07) is 18.5.